The predicted molar refractivity (Wildman–Crippen MR) is 121 cm³/mol. The first-order valence-electron chi connectivity index (χ1n) is 10.8. The fraction of sp³-hybridized carbons (Fsp3) is 0.522. The molecule has 158 valence electrons. The molecular formula is C23H31N7. The summed E-state index contributed by atoms with van der Waals surface area (Å²) >= 11 is 0. The maximum Gasteiger partial charge on any atom is 0.159 e. The molecule has 3 aromatic rings. The first-order chi connectivity index (χ1) is 14.3. The van der Waals surface area contributed by atoms with Crippen LogP contribution in [0.2, 0.25) is 0 Å². The summed E-state index contributed by atoms with van der Waals surface area (Å²) in [6, 6.07) is 6.62. The third-order valence-corrected chi connectivity index (χ3v) is 6.68. The van der Waals surface area contributed by atoms with Crippen molar-refractivity contribution in [2.24, 2.45) is 18.7 Å². The number of piperidine rings is 1. The second-order valence-corrected chi connectivity index (χ2v) is 9.56. The van der Waals surface area contributed by atoms with Crippen molar-refractivity contribution < 1.29 is 0 Å². The number of nitrogens with zero attached hydrogens (tertiary/aromatic N) is 6. The van der Waals surface area contributed by atoms with E-state index in [2.05, 4.69) is 58.9 Å². The van der Waals surface area contributed by atoms with Gasteiger partial charge in [0, 0.05) is 56.1 Å². The maximum atomic E-state index is 6.14. The van der Waals surface area contributed by atoms with Gasteiger partial charge in [-0.05, 0) is 44.4 Å². The second-order valence-electron chi connectivity index (χ2n) is 9.56. The van der Waals surface area contributed by atoms with Crippen LogP contribution in [0, 0.1) is 12.8 Å². The molecule has 0 unspecified atom stereocenters. The third kappa shape index (κ3) is 3.31. The standard InChI is InChI=1S/C23H31N7/c1-15-12-29(21-9-16(2)27-22-19(21)11-26-28(22)4)8-7-18(15)20-6-5-17(10-25-20)30-13-23(3,24)14-30/h5-6,9-11,15,18H,7-8,12-14,24H2,1-4H3/t15-,18-/m0/s1. The van der Waals surface area contributed by atoms with Crippen molar-refractivity contribution in [3.8, 4) is 0 Å². The van der Waals surface area contributed by atoms with E-state index in [1.807, 2.05) is 24.1 Å². The van der Waals surface area contributed by atoms with Crippen molar-refractivity contribution in [3.05, 3.63) is 42.0 Å². The largest absolute Gasteiger partial charge is 0.371 e. The predicted octanol–water partition coefficient (Wildman–Crippen LogP) is 2.84. The van der Waals surface area contributed by atoms with Crippen LogP contribution in [0.3, 0.4) is 0 Å². The van der Waals surface area contributed by atoms with E-state index in [0.717, 1.165) is 49.3 Å². The monoisotopic (exact) mass is 405 g/mol. The summed E-state index contributed by atoms with van der Waals surface area (Å²) in [5.74, 6) is 1.01. The van der Waals surface area contributed by atoms with Gasteiger partial charge in [0.2, 0.25) is 0 Å². The lowest BCUT2D eigenvalue weighted by Gasteiger charge is -2.46. The first-order valence-corrected chi connectivity index (χ1v) is 10.8. The van der Waals surface area contributed by atoms with Gasteiger partial charge in [-0.15, -0.1) is 0 Å². The van der Waals surface area contributed by atoms with Gasteiger partial charge in [-0.3, -0.25) is 9.67 Å². The fourth-order valence-corrected chi connectivity index (χ4v) is 5.10. The van der Waals surface area contributed by atoms with Crippen molar-refractivity contribution in [1.29, 1.82) is 0 Å². The Morgan fingerprint density at radius 2 is 1.97 bits per heavy atom. The van der Waals surface area contributed by atoms with Gasteiger partial charge in [-0.2, -0.15) is 5.10 Å². The van der Waals surface area contributed by atoms with Crippen LogP contribution in [0.4, 0.5) is 11.4 Å². The van der Waals surface area contributed by atoms with Gasteiger partial charge >= 0.3 is 0 Å². The Balaban J connectivity index is 1.32. The zero-order chi connectivity index (χ0) is 21.0. The zero-order valence-electron chi connectivity index (χ0n) is 18.3. The van der Waals surface area contributed by atoms with Gasteiger partial charge < -0.3 is 15.5 Å². The number of aryl methyl sites for hydroxylation is 2. The molecule has 0 amide bonds. The molecule has 5 heterocycles. The van der Waals surface area contributed by atoms with E-state index in [-0.39, 0.29) is 5.54 Å². The molecule has 2 aliphatic heterocycles. The summed E-state index contributed by atoms with van der Waals surface area (Å²) in [6.07, 6.45) is 5.06. The SMILES string of the molecule is Cc1cc(N2CC[C@H](c3ccc(N4CC(C)(N)C4)cn3)[C@@H](C)C2)c2cnn(C)c2n1. The average Bonchev–Trinajstić information content (AvgIpc) is 3.06. The highest BCUT2D eigenvalue weighted by atomic mass is 15.3. The molecule has 7 nitrogen and oxygen atoms in total. The first kappa shape index (κ1) is 19.3. The summed E-state index contributed by atoms with van der Waals surface area (Å²) in [7, 11) is 1.96. The van der Waals surface area contributed by atoms with Crippen LogP contribution in [0.5, 0.6) is 0 Å². The van der Waals surface area contributed by atoms with Crippen LogP contribution in [0.15, 0.2) is 30.6 Å². The van der Waals surface area contributed by atoms with Gasteiger partial charge in [0.15, 0.2) is 5.65 Å². The normalized spacial score (nSPS) is 23.6. The molecule has 0 spiro atoms. The minimum atomic E-state index is -0.0645. The molecule has 2 saturated heterocycles. The van der Waals surface area contributed by atoms with E-state index in [0.29, 0.717) is 11.8 Å². The van der Waals surface area contributed by atoms with E-state index in [9.17, 15) is 0 Å². The number of fused-ring (bicyclic) bond motifs is 1. The number of hydrogen-bond acceptors (Lipinski definition) is 6. The van der Waals surface area contributed by atoms with Crippen molar-refractivity contribution in [3.63, 3.8) is 0 Å². The molecule has 0 saturated carbocycles. The molecule has 2 fully saturated rings. The highest BCUT2D eigenvalue weighted by Gasteiger charge is 2.35. The van der Waals surface area contributed by atoms with Crippen LogP contribution >= 0.6 is 0 Å². The minimum absolute atomic E-state index is 0.0645. The smallest absolute Gasteiger partial charge is 0.159 e. The van der Waals surface area contributed by atoms with Crippen LogP contribution < -0.4 is 15.5 Å². The van der Waals surface area contributed by atoms with Crippen molar-refractivity contribution in [2.75, 3.05) is 36.0 Å². The molecule has 0 aliphatic carbocycles. The topological polar surface area (TPSA) is 76.1 Å². The number of pyridine rings is 2. The molecular weight excluding hydrogens is 374 g/mol. The van der Waals surface area contributed by atoms with E-state index in [4.69, 9.17) is 10.7 Å². The van der Waals surface area contributed by atoms with Crippen LogP contribution in [-0.4, -0.2) is 51.5 Å². The van der Waals surface area contributed by atoms with Gasteiger partial charge in [-0.1, -0.05) is 6.92 Å². The van der Waals surface area contributed by atoms with Crippen LogP contribution in [0.25, 0.3) is 11.0 Å². The molecule has 0 radical (unpaired) electrons. The number of nitrogens with two attached hydrogens (primary N) is 1. The molecule has 2 atom stereocenters. The van der Waals surface area contributed by atoms with Gasteiger partial charge in [0.05, 0.1) is 29.2 Å². The summed E-state index contributed by atoms with van der Waals surface area (Å²) in [5.41, 5.74) is 11.7. The summed E-state index contributed by atoms with van der Waals surface area (Å²) in [4.78, 5) is 14.3. The number of anilines is 2. The van der Waals surface area contributed by atoms with E-state index in [1.54, 1.807) is 0 Å². The van der Waals surface area contributed by atoms with Crippen molar-refractivity contribution >= 4 is 22.4 Å². The molecule has 0 aromatic carbocycles. The number of hydrogen-bond donors (Lipinski definition) is 1. The molecule has 7 heteroatoms. The van der Waals surface area contributed by atoms with Crippen LogP contribution in [0.1, 0.15) is 37.6 Å². The quantitative estimate of drug-likeness (QED) is 0.722. The maximum absolute atomic E-state index is 6.14. The Hall–Kier alpha value is -2.67. The highest BCUT2D eigenvalue weighted by Crippen LogP contribution is 2.37. The fourth-order valence-electron chi connectivity index (χ4n) is 5.10. The van der Waals surface area contributed by atoms with Crippen LogP contribution in [-0.2, 0) is 7.05 Å². The lowest BCUT2D eigenvalue weighted by atomic mass is 9.83. The van der Waals surface area contributed by atoms with Gasteiger partial charge in [0.25, 0.3) is 0 Å². The van der Waals surface area contributed by atoms with Gasteiger partial charge in [0.1, 0.15) is 0 Å². The minimum Gasteiger partial charge on any atom is -0.371 e. The Morgan fingerprint density at radius 1 is 1.17 bits per heavy atom. The van der Waals surface area contributed by atoms with E-state index < -0.39 is 0 Å². The van der Waals surface area contributed by atoms with E-state index >= 15 is 0 Å². The lowest BCUT2D eigenvalue weighted by Crippen LogP contribution is -2.65. The summed E-state index contributed by atoms with van der Waals surface area (Å²) < 4.78 is 1.86. The highest BCUT2D eigenvalue weighted by molar-refractivity contribution is 5.89. The number of rotatable bonds is 3. The average molecular weight is 406 g/mol. The Morgan fingerprint density at radius 3 is 2.63 bits per heavy atom. The van der Waals surface area contributed by atoms with Gasteiger partial charge in [-0.25, -0.2) is 4.98 Å². The van der Waals surface area contributed by atoms with Crippen molar-refractivity contribution in [2.45, 2.75) is 38.6 Å². The van der Waals surface area contributed by atoms with Crippen molar-refractivity contribution in [1.82, 2.24) is 19.7 Å². The molecule has 2 N–H and O–H groups in total. The summed E-state index contributed by atoms with van der Waals surface area (Å²) in [6.45, 7) is 10.3. The second kappa shape index (κ2) is 6.94. The Bertz CT molecular complexity index is 1060. The molecule has 30 heavy (non-hydrogen) atoms. The molecule has 5 rings (SSSR count). The molecule has 0 bridgehead atoms. The van der Waals surface area contributed by atoms with E-state index in [1.165, 1.54) is 17.1 Å². The lowest BCUT2D eigenvalue weighted by molar-refractivity contribution is 0.364. The Kier molecular flexibility index (Phi) is 4.47. The molecule has 2 aliphatic rings. The number of aromatic nitrogens is 4. The summed E-state index contributed by atoms with van der Waals surface area (Å²) in [5, 5.41) is 5.56. The zero-order valence-corrected chi connectivity index (χ0v) is 18.3. The Labute approximate surface area is 177 Å². The molecule has 3 aromatic heterocycles. The third-order valence-electron chi connectivity index (χ3n) is 6.68.